The molecule has 63 heavy (non-hydrogen) atoms. The highest BCUT2D eigenvalue weighted by atomic mass is 32.3. The summed E-state index contributed by atoms with van der Waals surface area (Å²) >= 11 is 0. The molecule has 3 fully saturated rings. The highest BCUT2D eigenvalue weighted by Gasteiger charge is 2.79. The summed E-state index contributed by atoms with van der Waals surface area (Å²) < 4.78 is 55.3. The number of hydrogen-bond acceptors (Lipinski definition) is 14. The SMILES string of the molecule is CC[C@@]1(O)C[C@H]2CN(CCc3c([nH]c4ccccc34)[C@@](C(=O)OC)(c3cc4c(cc3OC)N[C@H]3[C@@](O)(C(=O)OC)[C@H](OC(C)=O)[C@]5(CC)C=CCN6CC[C@]43[C@@H]65)C2)C1.O=S(=O)(O)O. The normalized spacial score (nSPS) is 35.2. The van der Waals surface area contributed by atoms with Crippen LogP contribution in [0.1, 0.15) is 75.3 Å². The zero-order valence-electron chi connectivity index (χ0n) is 36.5. The monoisotopic (exact) mass is 894 g/mol. The van der Waals surface area contributed by atoms with Crippen LogP contribution < -0.4 is 10.1 Å². The van der Waals surface area contributed by atoms with Gasteiger partial charge < -0.3 is 39.5 Å². The van der Waals surface area contributed by atoms with E-state index in [0.717, 1.165) is 27.7 Å². The second-order valence-corrected chi connectivity index (χ2v) is 19.1. The van der Waals surface area contributed by atoms with Crippen molar-refractivity contribution in [2.45, 2.75) is 99.5 Å². The summed E-state index contributed by atoms with van der Waals surface area (Å²) in [5, 5.41) is 29.7. The molecule has 2 aromatic carbocycles. The Morgan fingerprint density at radius 3 is 2.32 bits per heavy atom. The minimum Gasteiger partial charge on any atom is -0.496 e. The van der Waals surface area contributed by atoms with E-state index < -0.39 is 67.9 Å². The Hall–Kier alpha value is -4.56. The van der Waals surface area contributed by atoms with Crippen LogP contribution >= 0.6 is 0 Å². The first-order valence-corrected chi connectivity index (χ1v) is 22.9. The minimum atomic E-state index is -4.67. The van der Waals surface area contributed by atoms with Crippen LogP contribution in [-0.4, -0.2) is 144 Å². The molecule has 2 bridgehead atoms. The van der Waals surface area contributed by atoms with E-state index in [4.69, 9.17) is 36.5 Å². The van der Waals surface area contributed by atoms with Gasteiger partial charge in [0.25, 0.3) is 0 Å². The summed E-state index contributed by atoms with van der Waals surface area (Å²) in [6, 6.07) is 10.8. The largest absolute Gasteiger partial charge is 0.496 e. The molecule has 10 atom stereocenters. The Morgan fingerprint density at radius 2 is 1.67 bits per heavy atom. The van der Waals surface area contributed by atoms with Gasteiger partial charge in [0.05, 0.1) is 33.0 Å². The molecule has 342 valence electrons. The number of nitrogens with zero attached hydrogens (tertiary/aromatic N) is 2. The van der Waals surface area contributed by atoms with Crippen LogP contribution in [0.2, 0.25) is 0 Å². The molecule has 1 aliphatic carbocycles. The van der Waals surface area contributed by atoms with Gasteiger partial charge in [-0.2, -0.15) is 8.42 Å². The zero-order chi connectivity index (χ0) is 45.5. The molecule has 6 aliphatic rings. The van der Waals surface area contributed by atoms with Crippen LogP contribution in [-0.2, 0) is 56.2 Å². The zero-order valence-corrected chi connectivity index (χ0v) is 37.3. The van der Waals surface area contributed by atoms with Gasteiger partial charge in [0.2, 0.25) is 5.60 Å². The third kappa shape index (κ3) is 6.77. The third-order valence-electron chi connectivity index (χ3n) is 15.2. The molecular weight excluding hydrogens is 837 g/mol. The lowest BCUT2D eigenvalue weighted by Crippen LogP contribution is -2.80. The number of aromatic nitrogens is 1. The van der Waals surface area contributed by atoms with Crippen LogP contribution in [0.25, 0.3) is 10.9 Å². The molecule has 1 spiro atoms. The molecule has 6 heterocycles. The fraction of sp³-hybridized carbons (Fsp3) is 0.578. The molecule has 5 aliphatic heterocycles. The predicted molar refractivity (Wildman–Crippen MR) is 230 cm³/mol. The van der Waals surface area contributed by atoms with Crippen molar-refractivity contribution in [2.75, 3.05) is 59.4 Å². The third-order valence-corrected chi connectivity index (χ3v) is 15.2. The Balaban J connectivity index is 0.00000103. The molecule has 1 saturated carbocycles. The second-order valence-electron chi connectivity index (χ2n) is 18.2. The number of benzene rings is 2. The number of carbonyl (C=O) groups is 3. The number of rotatable bonds is 7. The van der Waals surface area contributed by atoms with Crippen molar-refractivity contribution < 1.29 is 61.1 Å². The number of H-pyrrole nitrogens is 1. The Kier molecular flexibility index (Phi) is 11.3. The summed E-state index contributed by atoms with van der Waals surface area (Å²) in [5.41, 5.74) is -1.78. The molecule has 2 saturated heterocycles. The fourth-order valence-electron chi connectivity index (χ4n) is 13.0. The molecule has 18 heteroatoms. The van der Waals surface area contributed by atoms with Gasteiger partial charge in [-0.3, -0.25) is 28.5 Å². The summed E-state index contributed by atoms with van der Waals surface area (Å²) in [7, 11) is -0.413. The van der Waals surface area contributed by atoms with E-state index in [0.29, 0.717) is 88.2 Å². The number of para-hydroxylation sites is 1. The standard InChI is InChI=1S/C45H56N4O9.H2O4S/c1-7-41(53)22-27-23-44(39(51)56-5,35-29(14-18-48(24-27)25-41)28-12-9-10-13-32(28)46-35)31-20-30-33(21-34(31)55-4)47-36-43(30)16-19-49-17-11-15-42(8-2,37(43)49)38(58-26(3)50)45(36,54)40(52)57-6;1-5(2,3)4/h9-13,15,20-21,27,36-38,46-47,53-54H,7-8,14,16-19,22-25H2,1-6H3;(H2,1,2,3,4)/t27-,36-,37+,38-,41-,42-,43+,44+,45+;/m1./s1. The van der Waals surface area contributed by atoms with E-state index in [2.05, 4.69) is 32.2 Å². The Morgan fingerprint density at radius 1 is 0.952 bits per heavy atom. The van der Waals surface area contributed by atoms with Crippen LogP contribution in [0.15, 0.2) is 48.6 Å². The average Bonchev–Trinajstić information content (AvgIpc) is 3.94. The van der Waals surface area contributed by atoms with E-state index in [9.17, 15) is 19.8 Å². The molecule has 0 radical (unpaired) electrons. The van der Waals surface area contributed by atoms with Crippen LogP contribution in [0.3, 0.4) is 0 Å². The highest BCUT2D eigenvalue weighted by molar-refractivity contribution is 7.79. The average molecular weight is 895 g/mol. The number of aromatic amines is 1. The number of methoxy groups -OCH3 is 3. The quantitative estimate of drug-likeness (QED) is 0.0864. The number of hydrogen-bond donors (Lipinski definition) is 6. The Labute approximate surface area is 366 Å². The van der Waals surface area contributed by atoms with Crippen LogP contribution in [0, 0.1) is 11.3 Å². The van der Waals surface area contributed by atoms with Crippen molar-refractivity contribution >= 4 is 44.9 Å². The van der Waals surface area contributed by atoms with Crippen molar-refractivity contribution in [1.82, 2.24) is 14.8 Å². The second kappa shape index (κ2) is 15.9. The number of piperidine rings is 1. The maximum atomic E-state index is 15.3. The fourth-order valence-corrected chi connectivity index (χ4v) is 13.0. The first-order valence-electron chi connectivity index (χ1n) is 21.5. The number of fused-ring (bicyclic) bond motifs is 6. The molecule has 3 aromatic rings. The maximum Gasteiger partial charge on any atom is 0.394 e. The number of nitrogens with one attached hydrogen (secondary N) is 2. The number of anilines is 1. The lowest BCUT2D eigenvalue weighted by Gasteiger charge is -2.62. The van der Waals surface area contributed by atoms with Crippen molar-refractivity contribution in [2.24, 2.45) is 11.3 Å². The van der Waals surface area contributed by atoms with E-state index in [-0.39, 0.29) is 12.0 Å². The summed E-state index contributed by atoms with van der Waals surface area (Å²) in [5.74, 6) is -1.61. The Bertz CT molecular complexity index is 2470. The van der Waals surface area contributed by atoms with Gasteiger partial charge in [-0.25, -0.2) is 4.79 Å². The first-order chi connectivity index (χ1) is 29.8. The molecule has 6 N–H and O–H groups in total. The van der Waals surface area contributed by atoms with Gasteiger partial charge in [-0.15, -0.1) is 0 Å². The number of ether oxygens (including phenoxy) is 4. The van der Waals surface area contributed by atoms with E-state index >= 15 is 4.79 Å². The van der Waals surface area contributed by atoms with E-state index in [1.165, 1.54) is 21.1 Å². The van der Waals surface area contributed by atoms with E-state index in [1.54, 1.807) is 7.11 Å². The molecule has 0 amide bonds. The van der Waals surface area contributed by atoms with Gasteiger partial charge in [-0.1, -0.05) is 44.2 Å². The predicted octanol–water partition coefficient (Wildman–Crippen LogP) is 3.31. The molecule has 17 nitrogen and oxygen atoms in total. The van der Waals surface area contributed by atoms with Gasteiger partial charge in [0.1, 0.15) is 11.2 Å². The van der Waals surface area contributed by atoms with E-state index in [1.807, 2.05) is 50.3 Å². The molecule has 1 aromatic heterocycles. The van der Waals surface area contributed by atoms with Crippen LogP contribution in [0.4, 0.5) is 5.69 Å². The smallest absolute Gasteiger partial charge is 0.394 e. The maximum absolute atomic E-state index is 15.3. The lowest BCUT2D eigenvalue weighted by atomic mass is 9.47. The molecular formula is C45H58N4O13S. The summed E-state index contributed by atoms with van der Waals surface area (Å²) in [4.78, 5) is 50.9. The van der Waals surface area contributed by atoms with Gasteiger partial charge >= 0.3 is 28.3 Å². The van der Waals surface area contributed by atoms with Crippen molar-refractivity contribution in [3.05, 3.63) is 70.9 Å². The van der Waals surface area contributed by atoms with Crippen molar-refractivity contribution in [3.8, 4) is 5.75 Å². The van der Waals surface area contributed by atoms with Crippen molar-refractivity contribution in [3.63, 3.8) is 0 Å². The van der Waals surface area contributed by atoms with Crippen LogP contribution in [0.5, 0.6) is 5.75 Å². The molecule has 1 unspecified atom stereocenters. The summed E-state index contributed by atoms with van der Waals surface area (Å²) in [6.45, 7) is 8.59. The van der Waals surface area contributed by atoms with Gasteiger partial charge in [0, 0.05) is 83.9 Å². The lowest BCUT2D eigenvalue weighted by molar-refractivity contribution is -0.226. The molecule has 9 rings (SSSR count). The topological polar surface area (TPSA) is 237 Å². The number of esters is 3. The van der Waals surface area contributed by atoms with Gasteiger partial charge in [-0.05, 0) is 74.2 Å². The van der Waals surface area contributed by atoms with Gasteiger partial charge in [0.15, 0.2) is 6.10 Å². The summed E-state index contributed by atoms with van der Waals surface area (Å²) in [6.07, 6.45) is 5.90. The number of carbonyl (C=O) groups excluding carboxylic acids is 3. The number of aliphatic hydroxyl groups is 2. The highest BCUT2D eigenvalue weighted by Crippen LogP contribution is 2.67. The van der Waals surface area contributed by atoms with Crippen molar-refractivity contribution in [1.29, 1.82) is 0 Å². The first kappa shape index (κ1) is 45.0. The minimum absolute atomic E-state index is 0.0982.